The van der Waals surface area contributed by atoms with E-state index in [-0.39, 0.29) is 0 Å². The van der Waals surface area contributed by atoms with Crippen LogP contribution >= 0.6 is 11.8 Å². The van der Waals surface area contributed by atoms with E-state index in [1.165, 1.54) is 30.6 Å². The summed E-state index contributed by atoms with van der Waals surface area (Å²) < 4.78 is 0. The molecule has 2 rings (SSSR count). The standard InChI is InChI=1S/C12H18N2S/c13-14-11-8-4-5-9-12(11)15-10-6-2-1-3-7-10/h1-3,6-7,11-12,14H,4-5,8-9,13H2/t11-,12+/m0/s1. The normalized spacial score (nSPS) is 26.5. The molecule has 0 aromatic heterocycles. The molecule has 1 aliphatic rings. The van der Waals surface area contributed by atoms with Gasteiger partial charge in [0, 0.05) is 16.2 Å². The molecular weight excluding hydrogens is 204 g/mol. The highest BCUT2D eigenvalue weighted by atomic mass is 32.2. The third kappa shape index (κ3) is 2.97. The maximum absolute atomic E-state index is 5.58. The first-order valence-electron chi connectivity index (χ1n) is 5.58. The molecule has 1 saturated carbocycles. The second kappa shape index (κ2) is 5.54. The van der Waals surface area contributed by atoms with Gasteiger partial charge in [-0.25, -0.2) is 0 Å². The maximum Gasteiger partial charge on any atom is 0.0332 e. The summed E-state index contributed by atoms with van der Waals surface area (Å²) in [6.45, 7) is 0. The SMILES string of the molecule is NN[C@H]1CCCC[C@H]1Sc1ccccc1. The number of benzene rings is 1. The summed E-state index contributed by atoms with van der Waals surface area (Å²) in [4.78, 5) is 1.35. The molecule has 82 valence electrons. The monoisotopic (exact) mass is 222 g/mol. The number of thioether (sulfide) groups is 1. The second-order valence-corrected chi connectivity index (χ2v) is 5.34. The fourth-order valence-electron chi connectivity index (χ4n) is 2.10. The zero-order chi connectivity index (χ0) is 10.5. The predicted molar refractivity (Wildman–Crippen MR) is 65.7 cm³/mol. The molecule has 1 aromatic carbocycles. The molecule has 2 atom stereocenters. The van der Waals surface area contributed by atoms with Crippen LogP contribution in [-0.4, -0.2) is 11.3 Å². The van der Waals surface area contributed by atoms with Crippen LogP contribution in [0.3, 0.4) is 0 Å². The molecule has 2 nitrogen and oxygen atoms in total. The lowest BCUT2D eigenvalue weighted by atomic mass is 9.95. The average Bonchev–Trinajstić information content (AvgIpc) is 2.31. The van der Waals surface area contributed by atoms with Crippen LogP contribution in [0.2, 0.25) is 0 Å². The minimum absolute atomic E-state index is 0.476. The summed E-state index contributed by atoms with van der Waals surface area (Å²) in [6.07, 6.45) is 5.12. The molecule has 0 spiro atoms. The first-order chi connectivity index (χ1) is 7.40. The molecule has 0 bridgehead atoms. The van der Waals surface area contributed by atoms with Gasteiger partial charge in [-0.2, -0.15) is 0 Å². The second-order valence-electron chi connectivity index (χ2n) is 4.03. The van der Waals surface area contributed by atoms with Gasteiger partial charge in [-0.3, -0.25) is 11.3 Å². The number of hydrogen-bond donors (Lipinski definition) is 2. The Morgan fingerprint density at radius 1 is 1.13 bits per heavy atom. The van der Waals surface area contributed by atoms with Gasteiger partial charge in [-0.15, -0.1) is 11.8 Å². The van der Waals surface area contributed by atoms with Gasteiger partial charge in [0.2, 0.25) is 0 Å². The van der Waals surface area contributed by atoms with Gasteiger partial charge in [0.25, 0.3) is 0 Å². The lowest BCUT2D eigenvalue weighted by molar-refractivity contribution is 0.390. The number of nitrogens with one attached hydrogen (secondary N) is 1. The van der Waals surface area contributed by atoms with Crippen LogP contribution in [0.5, 0.6) is 0 Å². The molecular formula is C12H18N2S. The van der Waals surface area contributed by atoms with Crippen molar-refractivity contribution in [1.82, 2.24) is 5.43 Å². The fourth-order valence-corrected chi connectivity index (χ4v) is 3.43. The van der Waals surface area contributed by atoms with Crippen LogP contribution in [-0.2, 0) is 0 Å². The number of rotatable bonds is 3. The molecule has 15 heavy (non-hydrogen) atoms. The Hall–Kier alpha value is -0.510. The van der Waals surface area contributed by atoms with Crippen LogP contribution in [0, 0.1) is 0 Å². The van der Waals surface area contributed by atoms with Gasteiger partial charge in [-0.1, -0.05) is 31.0 Å². The van der Waals surface area contributed by atoms with E-state index >= 15 is 0 Å². The van der Waals surface area contributed by atoms with E-state index in [0.717, 1.165) is 0 Å². The van der Waals surface area contributed by atoms with Crippen molar-refractivity contribution in [2.45, 2.75) is 41.9 Å². The minimum Gasteiger partial charge on any atom is -0.271 e. The van der Waals surface area contributed by atoms with Crippen LogP contribution in [0.25, 0.3) is 0 Å². The van der Waals surface area contributed by atoms with Crippen molar-refractivity contribution in [3.8, 4) is 0 Å². The van der Waals surface area contributed by atoms with Crippen molar-refractivity contribution in [2.75, 3.05) is 0 Å². The molecule has 0 heterocycles. The third-order valence-corrected chi connectivity index (χ3v) is 4.36. The molecule has 0 amide bonds. The molecule has 0 unspecified atom stereocenters. The van der Waals surface area contributed by atoms with Gasteiger partial charge in [0.05, 0.1) is 0 Å². The van der Waals surface area contributed by atoms with E-state index in [2.05, 4.69) is 35.8 Å². The minimum atomic E-state index is 0.476. The molecule has 0 radical (unpaired) electrons. The molecule has 3 N–H and O–H groups in total. The Labute approximate surface area is 95.6 Å². The topological polar surface area (TPSA) is 38.0 Å². The van der Waals surface area contributed by atoms with Crippen molar-refractivity contribution in [3.05, 3.63) is 30.3 Å². The molecule has 1 aromatic rings. The van der Waals surface area contributed by atoms with Gasteiger partial charge in [-0.05, 0) is 25.0 Å². The highest BCUT2D eigenvalue weighted by molar-refractivity contribution is 8.00. The van der Waals surface area contributed by atoms with E-state index in [9.17, 15) is 0 Å². The number of hydrazine groups is 1. The lowest BCUT2D eigenvalue weighted by Crippen LogP contribution is -2.44. The number of nitrogens with two attached hydrogens (primary N) is 1. The first kappa shape index (κ1) is 11.0. The van der Waals surface area contributed by atoms with E-state index in [1.54, 1.807) is 0 Å². The van der Waals surface area contributed by atoms with Gasteiger partial charge < -0.3 is 0 Å². The predicted octanol–water partition coefficient (Wildman–Crippen LogP) is 2.55. The summed E-state index contributed by atoms with van der Waals surface area (Å²) in [5, 5.41) is 0.631. The third-order valence-electron chi connectivity index (χ3n) is 2.95. The van der Waals surface area contributed by atoms with Crippen molar-refractivity contribution < 1.29 is 0 Å². The van der Waals surface area contributed by atoms with E-state index in [0.29, 0.717) is 11.3 Å². The molecule has 1 fully saturated rings. The quantitative estimate of drug-likeness (QED) is 0.610. The largest absolute Gasteiger partial charge is 0.271 e. The van der Waals surface area contributed by atoms with Crippen molar-refractivity contribution >= 4 is 11.8 Å². The van der Waals surface area contributed by atoms with Crippen LogP contribution in [0.15, 0.2) is 35.2 Å². The molecule has 0 saturated heterocycles. The summed E-state index contributed by atoms with van der Waals surface area (Å²) >= 11 is 1.95. The van der Waals surface area contributed by atoms with Crippen molar-refractivity contribution in [1.29, 1.82) is 0 Å². The van der Waals surface area contributed by atoms with Gasteiger partial charge in [0.15, 0.2) is 0 Å². The Balaban J connectivity index is 1.97. The van der Waals surface area contributed by atoms with Crippen molar-refractivity contribution in [2.24, 2.45) is 5.84 Å². The van der Waals surface area contributed by atoms with Crippen molar-refractivity contribution in [3.63, 3.8) is 0 Å². The highest BCUT2D eigenvalue weighted by Crippen LogP contribution is 2.33. The van der Waals surface area contributed by atoms with Crippen LogP contribution in [0.1, 0.15) is 25.7 Å². The summed E-state index contributed by atoms with van der Waals surface area (Å²) in [7, 11) is 0. The van der Waals surface area contributed by atoms with E-state index in [4.69, 9.17) is 5.84 Å². The summed E-state index contributed by atoms with van der Waals surface area (Å²) in [5.74, 6) is 5.58. The molecule has 3 heteroatoms. The summed E-state index contributed by atoms with van der Waals surface area (Å²) in [6, 6.07) is 11.1. The Bertz CT molecular complexity index is 289. The molecule has 0 aliphatic heterocycles. The van der Waals surface area contributed by atoms with Crippen LogP contribution in [0.4, 0.5) is 0 Å². The smallest absolute Gasteiger partial charge is 0.0332 e. The zero-order valence-corrected chi connectivity index (χ0v) is 9.67. The Morgan fingerprint density at radius 2 is 1.87 bits per heavy atom. The fraction of sp³-hybridized carbons (Fsp3) is 0.500. The molecule has 1 aliphatic carbocycles. The lowest BCUT2D eigenvalue weighted by Gasteiger charge is -2.30. The van der Waals surface area contributed by atoms with Gasteiger partial charge >= 0.3 is 0 Å². The summed E-state index contributed by atoms with van der Waals surface area (Å²) in [5.41, 5.74) is 2.95. The highest BCUT2D eigenvalue weighted by Gasteiger charge is 2.24. The number of hydrogen-bond acceptors (Lipinski definition) is 3. The van der Waals surface area contributed by atoms with E-state index < -0.39 is 0 Å². The first-order valence-corrected chi connectivity index (χ1v) is 6.46. The van der Waals surface area contributed by atoms with Crippen LogP contribution < -0.4 is 11.3 Å². The average molecular weight is 222 g/mol. The van der Waals surface area contributed by atoms with E-state index in [1.807, 2.05) is 11.8 Å². The Morgan fingerprint density at radius 3 is 2.60 bits per heavy atom. The van der Waals surface area contributed by atoms with Gasteiger partial charge in [0.1, 0.15) is 0 Å². The zero-order valence-electron chi connectivity index (χ0n) is 8.86. The Kier molecular flexibility index (Phi) is 4.06. The maximum atomic E-state index is 5.58.